The molecular weight excluding hydrogens is 174 g/mol. The number of aromatic nitrogens is 2. The molecule has 14 heavy (non-hydrogen) atoms. The monoisotopic (exact) mass is 195 g/mol. The van der Waals surface area contributed by atoms with Gasteiger partial charge in [-0.05, 0) is 19.5 Å². The van der Waals surface area contributed by atoms with Crippen molar-refractivity contribution in [3.63, 3.8) is 0 Å². The van der Waals surface area contributed by atoms with E-state index in [2.05, 4.69) is 49.7 Å². The first kappa shape index (κ1) is 11.2. The van der Waals surface area contributed by atoms with Crippen LogP contribution in [-0.4, -0.2) is 35.0 Å². The van der Waals surface area contributed by atoms with Crippen LogP contribution in [0, 0.1) is 5.41 Å². The van der Waals surface area contributed by atoms with E-state index in [1.54, 1.807) is 6.33 Å². The van der Waals surface area contributed by atoms with Gasteiger partial charge in [0.1, 0.15) is 0 Å². The molecule has 1 atom stereocenters. The maximum Gasteiger partial charge on any atom is 0.0921 e. The first-order valence-electron chi connectivity index (χ1n) is 5.05. The number of nitrogens with one attached hydrogen (secondary N) is 1. The maximum absolute atomic E-state index is 4.04. The fourth-order valence-electron chi connectivity index (χ4n) is 1.87. The normalized spacial score (nSPS) is 14.7. The van der Waals surface area contributed by atoms with Crippen molar-refractivity contribution in [3.8, 4) is 0 Å². The van der Waals surface area contributed by atoms with E-state index < -0.39 is 0 Å². The molecule has 0 saturated carbocycles. The van der Waals surface area contributed by atoms with Gasteiger partial charge in [-0.3, -0.25) is 0 Å². The third-order valence-electron chi connectivity index (χ3n) is 2.59. The molecule has 1 N–H and O–H groups in total. The van der Waals surface area contributed by atoms with Crippen LogP contribution in [0.25, 0.3) is 0 Å². The first-order chi connectivity index (χ1) is 6.41. The van der Waals surface area contributed by atoms with E-state index in [0.29, 0.717) is 6.04 Å². The molecule has 0 aliphatic heterocycles. The third kappa shape index (κ3) is 2.84. The van der Waals surface area contributed by atoms with Crippen LogP contribution in [0.4, 0.5) is 0 Å². The second-order valence-electron chi connectivity index (χ2n) is 5.13. The van der Waals surface area contributed by atoms with Crippen LogP contribution in [0.3, 0.4) is 0 Å². The average molecular weight is 195 g/mol. The number of nitrogens with zero attached hydrogens (tertiary/aromatic N) is 2. The third-order valence-corrected chi connectivity index (χ3v) is 2.59. The van der Waals surface area contributed by atoms with Gasteiger partial charge in [-0.2, -0.15) is 0 Å². The molecule has 0 aromatic carbocycles. The highest BCUT2D eigenvalue weighted by Crippen LogP contribution is 2.25. The largest absolute Gasteiger partial charge is 0.348 e. The van der Waals surface area contributed by atoms with Crippen LogP contribution >= 0.6 is 0 Å². The predicted molar refractivity (Wildman–Crippen MR) is 59.2 cm³/mol. The van der Waals surface area contributed by atoms with E-state index in [9.17, 15) is 0 Å². The summed E-state index contributed by atoms with van der Waals surface area (Å²) in [6.07, 6.45) is 4.67. The van der Waals surface area contributed by atoms with Crippen molar-refractivity contribution in [2.75, 3.05) is 14.1 Å². The maximum atomic E-state index is 4.04. The second-order valence-corrected chi connectivity index (χ2v) is 5.13. The van der Waals surface area contributed by atoms with Gasteiger partial charge in [0.15, 0.2) is 0 Å². The molecule has 3 nitrogen and oxygen atoms in total. The Morgan fingerprint density at radius 1 is 1.43 bits per heavy atom. The van der Waals surface area contributed by atoms with Gasteiger partial charge in [-0.25, -0.2) is 4.98 Å². The molecule has 0 radical (unpaired) electrons. The molecule has 0 spiro atoms. The molecular formula is C11H21N3. The van der Waals surface area contributed by atoms with Gasteiger partial charge in [0.05, 0.1) is 6.33 Å². The van der Waals surface area contributed by atoms with E-state index in [0.717, 1.165) is 6.42 Å². The molecule has 0 saturated heterocycles. The Morgan fingerprint density at radius 2 is 2.07 bits per heavy atom. The Hall–Kier alpha value is -0.830. The van der Waals surface area contributed by atoms with Gasteiger partial charge >= 0.3 is 0 Å². The van der Waals surface area contributed by atoms with Crippen LogP contribution in [0.5, 0.6) is 0 Å². The smallest absolute Gasteiger partial charge is 0.0921 e. The Kier molecular flexibility index (Phi) is 3.32. The Balaban J connectivity index is 2.71. The minimum absolute atomic E-state index is 0.286. The van der Waals surface area contributed by atoms with Gasteiger partial charge < -0.3 is 9.88 Å². The quantitative estimate of drug-likeness (QED) is 0.799. The highest BCUT2D eigenvalue weighted by atomic mass is 15.1. The lowest BCUT2D eigenvalue weighted by Gasteiger charge is -2.35. The van der Waals surface area contributed by atoms with Crippen molar-refractivity contribution in [2.45, 2.75) is 33.2 Å². The van der Waals surface area contributed by atoms with Crippen molar-refractivity contribution < 1.29 is 0 Å². The van der Waals surface area contributed by atoms with Crippen molar-refractivity contribution in [1.82, 2.24) is 14.9 Å². The van der Waals surface area contributed by atoms with Gasteiger partial charge in [-0.15, -0.1) is 0 Å². The number of hydrogen-bond acceptors (Lipinski definition) is 2. The van der Waals surface area contributed by atoms with Crippen LogP contribution in [0.2, 0.25) is 0 Å². The zero-order chi connectivity index (χ0) is 10.8. The molecule has 1 aromatic rings. The fourth-order valence-corrected chi connectivity index (χ4v) is 1.87. The van der Waals surface area contributed by atoms with Crippen molar-refractivity contribution in [1.29, 1.82) is 0 Å². The van der Waals surface area contributed by atoms with Crippen molar-refractivity contribution >= 4 is 0 Å². The molecule has 0 fully saturated rings. The molecule has 1 rings (SSSR count). The highest BCUT2D eigenvalue weighted by Gasteiger charge is 2.26. The van der Waals surface area contributed by atoms with Crippen molar-refractivity contribution in [3.05, 3.63) is 18.2 Å². The number of rotatable bonds is 3. The summed E-state index contributed by atoms with van der Waals surface area (Å²) in [5.41, 5.74) is 1.49. The lowest BCUT2D eigenvalue weighted by molar-refractivity contribution is 0.151. The van der Waals surface area contributed by atoms with Gasteiger partial charge in [0.2, 0.25) is 0 Å². The number of aromatic amines is 1. The first-order valence-corrected chi connectivity index (χ1v) is 5.05. The lowest BCUT2D eigenvalue weighted by Crippen LogP contribution is -2.41. The van der Waals surface area contributed by atoms with E-state index in [1.165, 1.54) is 5.69 Å². The summed E-state index contributed by atoms with van der Waals surface area (Å²) in [5.74, 6) is 0. The zero-order valence-electron chi connectivity index (χ0n) is 9.83. The summed E-state index contributed by atoms with van der Waals surface area (Å²) in [5, 5.41) is 0. The Labute approximate surface area is 86.5 Å². The van der Waals surface area contributed by atoms with E-state index in [4.69, 9.17) is 0 Å². The molecule has 0 bridgehead atoms. The number of H-pyrrole nitrogens is 1. The summed E-state index contributed by atoms with van der Waals surface area (Å²) in [6.45, 7) is 6.82. The Bertz CT molecular complexity index is 257. The van der Waals surface area contributed by atoms with Crippen LogP contribution in [0.1, 0.15) is 26.5 Å². The molecule has 1 aromatic heterocycles. The number of hydrogen-bond donors (Lipinski definition) is 1. The molecule has 3 heteroatoms. The summed E-state index contributed by atoms with van der Waals surface area (Å²) in [4.78, 5) is 9.48. The molecule has 0 aliphatic rings. The fraction of sp³-hybridized carbons (Fsp3) is 0.727. The minimum atomic E-state index is 0.286. The number of imidazole rings is 1. The highest BCUT2D eigenvalue weighted by molar-refractivity contribution is 5.00. The molecule has 1 heterocycles. The number of likely N-dealkylation sites (N-methyl/N-ethyl adjacent to an activating group) is 1. The summed E-state index contributed by atoms with van der Waals surface area (Å²) in [6, 6.07) is 0.531. The zero-order valence-corrected chi connectivity index (χ0v) is 9.83. The molecule has 0 aliphatic carbocycles. The van der Waals surface area contributed by atoms with Gasteiger partial charge in [-0.1, -0.05) is 20.8 Å². The minimum Gasteiger partial charge on any atom is -0.348 e. The van der Waals surface area contributed by atoms with Gasteiger partial charge in [0.25, 0.3) is 0 Å². The lowest BCUT2D eigenvalue weighted by atomic mass is 9.83. The summed E-state index contributed by atoms with van der Waals surface area (Å²) in [7, 11) is 4.26. The second kappa shape index (κ2) is 4.13. The van der Waals surface area contributed by atoms with E-state index >= 15 is 0 Å². The van der Waals surface area contributed by atoms with E-state index in [1.807, 2.05) is 6.20 Å². The standard InChI is InChI=1S/C11H21N3/c1-11(2,3)10(14(4)5)6-9-7-12-8-13-9/h7-8,10H,6H2,1-5H3,(H,12,13). The van der Waals surface area contributed by atoms with Crippen LogP contribution < -0.4 is 0 Å². The summed E-state index contributed by atoms with van der Waals surface area (Å²) >= 11 is 0. The molecule has 0 amide bonds. The van der Waals surface area contributed by atoms with Crippen molar-refractivity contribution in [2.24, 2.45) is 5.41 Å². The van der Waals surface area contributed by atoms with E-state index in [-0.39, 0.29) is 5.41 Å². The average Bonchev–Trinajstić information content (AvgIpc) is 2.48. The van der Waals surface area contributed by atoms with Gasteiger partial charge in [0, 0.05) is 24.4 Å². The topological polar surface area (TPSA) is 31.9 Å². The summed E-state index contributed by atoms with van der Waals surface area (Å²) < 4.78 is 0. The van der Waals surface area contributed by atoms with Crippen LogP contribution in [0.15, 0.2) is 12.5 Å². The van der Waals surface area contributed by atoms with Crippen LogP contribution in [-0.2, 0) is 6.42 Å². The molecule has 1 unspecified atom stereocenters. The predicted octanol–water partition coefficient (Wildman–Crippen LogP) is 1.93. The SMILES string of the molecule is CN(C)C(Cc1cnc[nH]1)C(C)(C)C. The molecule has 80 valence electrons. The Morgan fingerprint density at radius 3 is 2.43 bits per heavy atom.